The summed E-state index contributed by atoms with van der Waals surface area (Å²) in [5.41, 5.74) is 7.95. The minimum atomic E-state index is 1.00. The molecular formula is C37H21N3S. The quantitative estimate of drug-likeness (QED) is 0.190. The van der Waals surface area contributed by atoms with Crippen molar-refractivity contribution in [2.45, 2.75) is 0 Å². The third-order valence-corrected chi connectivity index (χ3v) is 9.82. The van der Waals surface area contributed by atoms with Crippen molar-refractivity contribution in [3.8, 4) is 5.69 Å². The Bertz CT molecular complexity index is 2700. The number of nitrogens with zero attached hydrogens (tertiary/aromatic N) is 3. The van der Waals surface area contributed by atoms with E-state index in [1.54, 1.807) is 0 Å². The van der Waals surface area contributed by atoms with Crippen LogP contribution in [0, 0.1) is 0 Å². The molecule has 0 aliphatic heterocycles. The maximum Gasteiger partial charge on any atom is 0.146 e. The lowest BCUT2D eigenvalue weighted by molar-refractivity contribution is 1.19. The molecular weight excluding hydrogens is 518 g/mol. The van der Waals surface area contributed by atoms with E-state index in [-0.39, 0.29) is 0 Å². The molecule has 41 heavy (non-hydrogen) atoms. The standard InChI is InChI=1S/C37H21N3S/c1-6-14-32-23(9-1)26-21-34-27(20-29(26)37-38-30-12-4-7-15-33(30)40(32)37)24-10-2-5-13-31(24)39(34)22-17-18-36-28(19-22)25-11-3-8-16-35(25)41-36/h1-21H. The summed E-state index contributed by atoms with van der Waals surface area (Å²) in [6.45, 7) is 0. The molecule has 0 aliphatic rings. The molecule has 0 fully saturated rings. The third-order valence-electron chi connectivity index (χ3n) is 8.67. The molecule has 3 nitrogen and oxygen atoms in total. The van der Waals surface area contributed by atoms with Crippen LogP contribution in [-0.4, -0.2) is 14.0 Å². The molecule has 4 aromatic heterocycles. The predicted molar refractivity (Wildman–Crippen MR) is 175 cm³/mol. The Morgan fingerprint density at radius 2 is 1.12 bits per heavy atom. The monoisotopic (exact) mass is 539 g/mol. The summed E-state index contributed by atoms with van der Waals surface area (Å²) in [6, 6.07) is 46.4. The van der Waals surface area contributed by atoms with Crippen LogP contribution in [0.4, 0.5) is 0 Å². The first kappa shape index (κ1) is 21.6. The van der Waals surface area contributed by atoms with E-state index in [0.29, 0.717) is 0 Å². The molecule has 0 radical (unpaired) electrons. The highest BCUT2D eigenvalue weighted by atomic mass is 32.1. The van der Waals surface area contributed by atoms with Crippen LogP contribution < -0.4 is 0 Å². The lowest BCUT2D eigenvalue weighted by atomic mass is 10.0. The van der Waals surface area contributed by atoms with Gasteiger partial charge in [-0.3, -0.25) is 4.40 Å². The highest BCUT2D eigenvalue weighted by Gasteiger charge is 2.19. The Kier molecular flexibility index (Phi) is 4.07. The molecule has 0 aliphatic carbocycles. The number of fused-ring (bicyclic) bond motifs is 14. The fraction of sp³-hybridized carbons (Fsp3) is 0. The van der Waals surface area contributed by atoms with Gasteiger partial charge >= 0.3 is 0 Å². The number of hydrogen-bond acceptors (Lipinski definition) is 2. The number of thiophene rings is 1. The molecule has 0 N–H and O–H groups in total. The van der Waals surface area contributed by atoms with Gasteiger partial charge in [-0.15, -0.1) is 11.3 Å². The normalized spacial score (nSPS) is 12.4. The molecule has 0 atom stereocenters. The Balaban J connectivity index is 1.40. The molecule has 0 bridgehead atoms. The zero-order chi connectivity index (χ0) is 26.7. The zero-order valence-electron chi connectivity index (χ0n) is 21.9. The minimum Gasteiger partial charge on any atom is -0.309 e. The molecule has 0 amide bonds. The Hall–Kier alpha value is -5.19. The van der Waals surface area contributed by atoms with E-state index in [4.69, 9.17) is 4.98 Å². The van der Waals surface area contributed by atoms with Gasteiger partial charge in [0.25, 0.3) is 0 Å². The molecule has 6 aromatic carbocycles. The molecule has 190 valence electrons. The number of pyridine rings is 1. The average molecular weight is 540 g/mol. The molecule has 10 rings (SSSR count). The van der Waals surface area contributed by atoms with Gasteiger partial charge in [0.1, 0.15) is 5.65 Å². The summed E-state index contributed by atoms with van der Waals surface area (Å²) in [5, 5.41) is 8.76. The van der Waals surface area contributed by atoms with Gasteiger partial charge in [0.05, 0.1) is 27.6 Å². The van der Waals surface area contributed by atoms with Crippen molar-refractivity contribution < 1.29 is 0 Å². The molecule has 0 saturated carbocycles. The van der Waals surface area contributed by atoms with Gasteiger partial charge in [-0.2, -0.15) is 0 Å². The molecule has 0 unspecified atom stereocenters. The van der Waals surface area contributed by atoms with Crippen molar-refractivity contribution in [3.63, 3.8) is 0 Å². The van der Waals surface area contributed by atoms with E-state index >= 15 is 0 Å². The van der Waals surface area contributed by atoms with Gasteiger partial charge in [0.15, 0.2) is 0 Å². The number of hydrogen-bond donors (Lipinski definition) is 0. The van der Waals surface area contributed by atoms with Crippen LogP contribution in [0.1, 0.15) is 0 Å². The molecule has 10 aromatic rings. The van der Waals surface area contributed by atoms with Gasteiger partial charge in [0, 0.05) is 47.4 Å². The summed E-state index contributed by atoms with van der Waals surface area (Å²) in [4.78, 5) is 5.16. The maximum absolute atomic E-state index is 5.16. The van der Waals surface area contributed by atoms with E-state index < -0.39 is 0 Å². The summed E-state index contributed by atoms with van der Waals surface area (Å²) in [7, 11) is 0. The second-order valence-electron chi connectivity index (χ2n) is 10.8. The molecule has 0 spiro atoms. The molecule has 0 saturated heterocycles. The van der Waals surface area contributed by atoms with Crippen LogP contribution in [0.15, 0.2) is 127 Å². The van der Waals surface area contributed by atoms with Gasteiger partial charge in [-0.1, -0.05) is 66.7 Å². The van der Waals surface area contributed by atoms with Crippen LogP contribution in [0.2, 0.25) is 0 Å². The van der Waals surface area contributed by atoms with Crippen LogP contribution in [0.25, 0.3) is 86.0 Å². The van der Waals surface area contributed by atoms with Gasteiger partial charge in [0.2, 0.25) is 0 Å². The van der Waals surface area contributed by atoms with Crippen LogP contribution in [0.5, 0.6) is 0 Å². The topological polar surface area (TPSA) is 22.2 Å². The van der Waals surface area contributed by atoms with E-state index in [1.165, 1.54) is 69.3 Å². The van der Waals surface area contributed by atoms with Crippen molar-refractivity contribution in [2.24, 2.45) is 0 Å². The summed E-state index contributed by atoms with van der Waals surface area (Å²) in [6.07, 6.45) is 0. The number of aromatic nitrogens is 3. The second kappa shape index (κ2) is 7.72. The van der Waals surface area contributed by atoms with Crippen LogP contribution in [-0.2, 0) is 0 Å². The second-order valence-corrected chi connectivity index (χ2v) is 11.9. The van der Waals surface area contributed by atoms with Gasteiger partial charge < -0.3 is 4.57 Å². The van der Waals surface area contributed by atoms with E-state index in [2.05, 4.69) is 136 Å². The largest absolute Gasteiger partial charge is 0.309 e. The SMILES string of the molecule is c1ccc2c(c1)nc1c3cc4c5ccccc5n(-c5ccc6sc7ccccc7c6c5)c4cc3c3ccccc3n21. The van der Waals surface area contributed by atoms with Crippen molar-refractivity contribution in [1.29, 1.82) is 0 Å². The minimum absolute atomic E-state index is 1.00. The Morgan fingerprint density at radius 3 is 2.00 bits per heavy atom. The Morgan fingerprint density at radius 1 is 0.439 bits per heavy atom. The Labute approximate surface area is 238 Å². The molecule has 4 heteroatoms. The lowest BCUT2D eigenvalue weighted by Crippen LogP contribution is -1.95. The summed E-state index contributed by atoms with van der Waals surface area (Å²) < 4.78 is 7.42. The van der Waals surface area contributed by atoms with Crippen molar-refractivity contribution in [3.05, 3.63) is 127 Å². The van der Waals surface area contributed by atoms with Crippen LogP contribution in [0.3, 0.4) is 0 Å². The first-order valence-electron chi connectivity index (χ1n) is 13.9. The highest BCUT2D eigenvalue weighted by Crippen LogP contribution is 2.41. The van der Waals surface area contributed by atoms with Crippen molar-refractivity contribution in [2.75, 3.05) is 0 Å². The molecule has 4 heterocycles. The summed E-state index contributed by atoms with van der Waals surface area (Å²) >= 11 is 1.86. The number of rotatable bonds is 1. The average Bonchev–Trinajstić information content (AvgIpc) is 3.70. The highest BCUT2D eigenvalue weighted by molar-refractivity contribution is 7.25. The van der Waals surface area contributed by atoms with E-state index in [9.17, 15) is 0 Å². The van der Waals surface area contributed by atoms with Gasteiger partial charge in [-0.25, -0.2) is 4.98 Å². The summed E-state index contributed by atoms with van der Waals surface area (Å²) in [5.74, 6) is 0. The lowest BCUT2D eigenvalue weighted by Gasteiger charge is -2.12. The van der Waals surface area contributed by atoms with E-state index in [0.717, 1.165) is 16.7 Å². The van der Waals surface area contributed by atoms with E-state index in [1.807, 2.05) is 11.3 Å². The number of benzene rings is 6. The number of para-hydroxylation sites is 4. The first-order chi connectivity index (χ1) is 20.3. The van der Waals surface area contributed by atoms with Crippen molar-refractivity contribution >= 4 is 91.7 Å². The van der Waals surface area contributed by atoms with Crippen LogP contribution >= 0.6 is 11.3 Å². The van der Waals surface area contributed by atoms with Crippen molar-refractivity contribution in [1.82, 2.24) is 14.0 Å². The fourth-order valence-corrected chi connectivity index (χ4v) is 7.99. The van der Waals surface area contributed by atoms with Gasteiger partial charge in [-0.05, 0) is 66.0 Å². The fourth-order valence-electron chi connectivity index (χ4n) is 6.90. The predicted octanol–water partition coefficient (Wildman–Crippen LogP) is 10.3. The third kappa shape index (κ3) is 2.79. The zero-order valence-corrected chi connectivity index (χ0v) is 22.7. The smallest absolute Gasteiger partial charge is 0.146 e. The number of imidazole rings is 1. The maximum atomic E-state index is 5.16. The first-order valence-corrected chi connectivity index (χ1v) is 14.7.